The third-order valence-corrected chi connectivity index (χ3v) is 4.40. The molecule has 88 valence electrons. The van der Waals surface area contributed by atoms with Crippen LogP contribution in [0.4, 0.5) is 0 Å². The molecule has 4 unspecified atom stereocenters. The summed E-state index contributed by atoms with van der Waals surface area (Å²) in [4.78, 5) is 2.63. The first kappa shape index (κ1) is 11.4. The smallest absolute Gasteiger partial charge is 0.0695 e. The van der Waals surface area contributed by atoms with Crippen molar-refractivity contribution in [2.45, 2.75) is 83.0 Å². The first-order valence-corrected chi connectivity index (χ1v) is 6.69. The Morgan fingerprint density at radius 2 is 1.87 bits per heavy atom. The molecule has 2 fully saturated rings. The van der Waals surface area contributed by atoms with E-state index in [1.807, 2.05) is 0 Å². The van der Waals surface area contributed by atoms with Crippen LogP contribution in [0.2, 0.25) is 0 Å². The highest BCUT2D eigenvalue weighted by Crippen LogP contribution is 2.34. The van der Waals surface area contributed by atoms with Crippen molar-refractivity contribution in [3.05, 3.63) is 0 Å². The van der Waals surface area contributed by atoms with E-state index >= 15 is 0 Å². The molecule has 0 aromatic rings. The quantitative estimate of drug-likeness (QED) is 0.759. The molecular weight excluding hydrogens is 186 g/mol. The molecule has 1 aliphatic carbocycles. The van der Waals surface area contributed by atoms with Gasteiger partial charge in [0, 0.05) is 18.1 Å². The normalized spacial score (nSPS) is 43.4. The first-order valence-electron chi connectivity index (χ1n) is 6.69. The van der Waals surface area contributed by atoms with Gasteiger partial charge in [-0.1, -0.05) is 19.8 Å². The molecule has 1 heterocycles. The van der Waals surface area contributed by atoms with Gasteiger partial charge in [-0.25, -0.2) is 0 Å². The zero-order valence-corrected chi connectivity index (χ0v) is 10.2. The molecular formula is C13H25NO. The number of nitrogens with zero attached hydrogens (tertiary/aromatic N) is 1. The van der Waals surface area contributed by atoms with E-state index in [4.69, 9.17) is 0 Å². The lowest BCUT2D eigenvalue weighted by Gasteiger charge is -2.41. The maximum absolute atomic E-state index is 10.1. The molecule has 2 nitrogen and oxygen atoms in total. The second kappa shape index (κ2) is 4.84. The summed E-state index contributed by atoms with van der Waals surface area (Å²) < 4.78 is 0. The van der Waals surface area contributed by atoms with Crippen LogP contribution in [-0.4, -0.2) is 34.2 Å². The Morgan fingerprint density at radius 1 is 1.13 bits per heavy atom. The lowest BCUT2D eigenvalue weighted by Crippen LogP contribution is -2.50. The Kier molecular flexibility index (Phi) is 3.68. The summed E-state index contributed by atoms with van der Waals surface area (Å²) in [5, 5.41) is 10.1. The van der Waals surface area contributed by atoms with Crippen LogP contribution in [0, 0.1) is 0 Å². The lowest BCUT2D eigenvalue weighted by atomic mass is 9.90. The van der Waals surface area contributed by atoms with Gasteiger partial charge in [-0.3, -0.25) is 4.90 Å². The summed E-state index contributed by atoms with van der Waals surface area (Å²) >= 11 is 0. The van der Waals surface area contributed by atoms with Gasteiger partial charge in [0.05, 0.1) is 6.10 Å². The van der Waals surface area contributed by atoms with Crippen LogP contribution in [0.15, 0.2) is 0 Å². The van der Waals surface area contributed by atoms with E-state index in [1.165, 1.54) is 38.5 Å². The minimum atomic E-state index is -0.0617. The molecule has 2 aliphatic rings. The van der Waals surface area contributed by atoms with Crippen molar-refractivity contribution in [1.29, 1.82) is 0 Å². The highest BCUT2D eigenvalue weighted by Gasteiger charge is 2.38. The van der Waals surface area contributed by atoms with Gasteiger partial charge in [0.2, 0.25) is 0 Å². The molecule has 2 rings (SSSR count). The zero-order valence-electron chi connectivity index (χ0n) is 10.2. The highest BCUT2D eigenvalue weighted by atomic mass is 16.3. The summed E-state index contributed by atoms with van der Waals surface area (Å²) in [5.74, 6) is 0. The lowest BCUT2D eigenvalue weighted by molar-refractivity contribution is -0.00301. The molecule has 0 radical (unpaired) electrons. The fourth-order valence-corrected chi connectivity index (χ4v) is 3.54. The Hall–Kier alpha value is -0.0800. The SMILES string of the molecule is CCC1CCC(C)N1C1CCCCC1O. The van der Waals surface area contributed by atoms with Gasteiger partial charge in [-0.15, -0.1) is 0 Å². The maximum Gasteiger partial charge on any atom is 0.0695 e. The summed E-state index contributed by atoms with van der Waals surface area (Å²) in [6.07, 6.45) is 8.59. The largest absolute Gasteiger partial charge is 0.391 e. The molecule has 0 spiro atoms. The van der Waals surface area contributed by atoms with E-state index in [2.05, 4.69) is 18.7 Å². The van der Waals surface area contributed by atoms with Gasteiger partial charge < -0.3 is 5.11 Å². The van der Waals surface area contributed by atoms with Gasteiger partial charge in [0.1, 0.15) is 0 Å². The van der Waals surface area contributed by atoms with E-state index in [1.54, 1.807) is 0 Å². The van der Waals surface area contributed by atoms with Crippen molar-refractivity contribution in [2.75, 3.05) is 0 Å². The Balaban J connectivity index is 2.05. The van der Waals surface area contributed by atoms with E-state index in [-0.39, 0.29) is 6.10 Å². The molecule has 1 N–H and O–H groups in total. The fourth-order valence-electron chi connectivity index (χ4n) is 3.54. The summed E-state index contributed by atoms with van der Waals surface area (Å²) in [5.41, 5.74) is 0. The molecule has 1 saturated heterocycles. The molecule has 4 atom stereocenters. The summed E-state index contributed by atoms with van der Waals surface area (Å²) in [7, 11) is 0. The predicted molar refractivity (Wildman–Crippen MR) is 62.9 cm³/mol. The number of hydrogen-bond donors (Lipinski definition) is 1. The van der Waals surface area contributed by atoms with Crippen molar-refractivity contribution in [3.8, 4) is 0 Å². The van der Waals surface area contributed by atoms with E-state index < -0.39 is 0 Å². The molecule has 15 heavy (non-hydrogen) atoms. The number of aliphatic hydroxyl groups is 1. The topological polar surface area (TPSA) is 23.5 Å². The van der Waals surface area contributed by atoms with Crippen LogP contribution in [0.5, 0.6) is 0 Å². The number of likely N-dealkylation sites (tertiary alicyclic amines) is 1. The van der Waals surface area contributed by atoms with Gasteiger partial charge in [0.15, 0.2) is 0 Å². The minimum absolute atomic E-state index is 0.0617. The van der Waals surface area contributed by atoms with E-state index in [0.717, 1.165) is 12.5 Å². The van der Waals surface area contributed by atoms with Crippen molar-refractivity contribution in [1.82, 2.24) is 4.90 Å². The van der Waals surface area contributed by atoms with Crippen molar-refractivity contribution < 1.29 is 5.11 Å². The monoisotopic (exact) mass is 211 g/mol. The van der Waals surface area contributed by atoms with Crippen LogP contribution in [0.3, 0.4) is 0 Å². The third kappa shape index (κ3) is 2.21. The predicted octanol–water partition coefficient (Wildman–Crippen LogP) is 2.55. The van der Waals surface area contributed by atoms with E-state index in [9.17, 15) is 5.11 Å². The number of rotatable bonds is 2. The van der Waals surface area contributed by atoms with Gasteiger partial charge >= 0.3 is 0 Å². The van der Waals surface area contributed by atoms with Crippen LogP contribution < -0.4 is 0 Å². The van der Waals surface area contributed by atoms with Gasteiger partial charge in [0.25, 0.3) is 0 Å². The van der Waals surface area contributed by atoms with E-state index in [0.29, 0.717) is 12.1 Å². The molecule has 0 amide bonds. The molecule has 1 saturated carbocycles. The van der Waals surface area contributed by atoms with Crippen LogP contribution in [-0.2, 0) is 0 Å². The third-order valence-electron chi connectivity index (χ3n) is 4.40. The Morgan fingerprint density at radius 3 is 2.53 bits per heavy atom. The second-order valence-corrected chi connectivity index (χ2v) is 5.35. The van der Waals surface area contributed by atoms with Crippen LogP contribution >= 0.6 is 0 Å². The molecule has 0 aromatic heterocycles. The molecule has 2 heteroatoms. The van der Waals surface area contributed by atoms with Gasteiger partial charge in [-0.2, -0.15) is 0 Å². The summed E-state index contributed by atoms with van der Waals surface area (Å²) in [6, 6.07) is 1.88. The Labute approximate surface area is 93.7 Å². The maximum atomic E-state index is 10.1. The number of hydrogen-bond acceptors (Lipinski definition) is 2. The van der Waals surface area contributed by atoms with Crippen molar-refractivity contribution >= 4 is 0 Å². The van der Waals surface area contributed by atoms with Gasteiger partial charge in [-0.05, 0) is 39.0 Å². The zero-order chi connectivity index (χ0) is 10.8. The second-order valence-electron chi connectivity index (χ2n) is 5.35. The average molecular weight is 211 g/mol. The Bertz CT molecular complexity index is 207. The van der Waals surface area contributed by atoms with Crippen molar-refractivity contribution in [2.24, 2.45) is 0 Å². The first-order chi connectivity index (χ1) is 7.24. The minimum Gasteiger partial charge on any atom is -0.391 e. The molecule has 1 aliphatic heterocycles. The number of aliphatic hydroxyl groups excluding tert-OH is 1. The molecule has 0 bridgehead atoms. The standard InChI is InChI=1S/C13H25NO/c1-3-11-9-8-10(2)14(11)12-6-4-5-7-13(12)15/h10-13,15H,3-9H2,1-2H3. The average Bonchev–Trinajstić information content (AvgIpc) is 2.60. The fraction of sp³-hybridized carbons (Fsp3) is 1.00. The van der Waals surface area contributed by atoms with Crippen LogP contribution in [0.25, 0.3) is 0 Å². The highest BCUT2D eigenvalue weighted by molar-refractivity contribution is 4.93. The van der Waals surface area contributed by atoms with Crippen LogP contribution in [0.1, 0.15) is 58.8 Å². The molecule has 0 aromatic carbocycles. The summed E-state index contributed by atoms with van der Waals surface area (Å²) in [6.45, 7) is 4.61. The van der Waals surface area contributed by atoms with Crippen molar-refractivity contribution in [3.63, 3.8) is 0 Å².